The molecule has 1 N–H and O–H groups in total. The number of carbonyl (C=O) groups excluding carboxylic acids is 3. The first kappa shape index (κ1) is 32.6. The van der Waals surface area contributed by atoms with Crippen LogP contribution in [0.3, 0.4) is 0 Å². The Morgan fingerprint density at radius 3 is 2.52 bits per heavy atom. The number of benzene rings is 3. The van der Waals surface area contributed by atoms with Gasteiger partial charge in [-0.3, -0.25) is 29.2 Å². The normalized spacial score (nSPS) is 22.4. The maximum atomic E-state index is 13.3. The first-order valence-electron chi connectivity index (χ1n) is 16.4. The van der Waals surface area contributed by atoms with E-state index in [1.165, 1.54) is 0 Å². The van der Waals surface area contributed by atoms with Crippen LogP contribution < -0.4 is 14.8 Å². The van der Waals surface area contributed by atoms with Crippen molar-refractivity contribution in [2.75, 3.05) is 51.7 Å². The van der Waals surface area contributed by atoms with E-state index >= 15 is 0 Å². The Labute approximate surface area is 289 Å². The molecule has 48 heavy (non-hydrogen) atoms. The second-order valence-electron chi connectivity index (χ2n) is 12.7. The van der Waals surface area contributed by atoms with Gasteiger partial charge in [0.15, 0.2) is 17.3 Å². The Morgan fingerprint density at radius 2 is 1.75 bits per heavy atom. The van der Waals surface area contributed by atoms with E-state index in [0.29, 0.717) is 55.7 Å². The molecule has 4 aliphatic rings. The average Bonchev–Trinajstić information content (AvgIpc) is 3.50. The van der Waals surface area contributed by atoms with Crippen LogP contribution in [0.5, 0.6) is 11.5 Å². The molecule has 12 heteroatoms. The van der Waals surface area contributed by atoms with Crippen molar-refractivity contribution in [1.29, 1.82) is 0 Å². The number of ketones is 1. The van der Waals surface area contributed by atoms with Gasteiger partial charge in [-0.25, -0.2) is 0 Å². The summed E-state index contributed by atoms with van der Waals surface area (Å²) in [6.45, 7) is 4.16. The number of methoxy groups -OCH3 is 1. The maximum absolute atomic E-state index is 13.3. The van der Waals surface area contributed by atoms with Gasteiger partial charge in [-0.2, -0.15) is 0 Å². The van der Waals surface area contributed by atoms with Gasteiger partial charge in [-0.1, -0.05) is 35.3 Å². The van der Waals surface area contributed by atoms with Crippen LogP contribution in [0.1, 0.15) is 52.0 Å². The smallest absolute Gasteiger partial charge is 0.256 e. The highest BCUT2D eigenvalue weighted by Gasteiger charge is 2.38. The Balaban J connectivity index is 0.905. The summed E-state index contributed by atoms with van der Waals surface area (Å²) in [6.07, 6.45) is 5.63. The Bertz CT molecular complexity index is 1770. The number of aliphatic imine (C=N–C) groups is 1. The van der Waals surface area contributed by atoms with Crippen LogP contribution >= 0.6 is 23.2 Å². The molecule has 2 amide bonds. The molecule has 7 rings (SSSR count). The maximum Gasteiger partial charge on any atom is 0.256 e. The van der Waals surface area contributed by atoms with Crippen LogP contribution in [-0.2, 0) is 4.79 Å². The van der Waals surface area contributed by atoms with Crippen molar-refractivity contribution in [2.24, 2.45) is 4.99 Å². The van der Waals surface area contributed by atoms with Crippen LogP contribution in [0.2, 0.25) is 10.0 Å². The summed E-state index contributed by atoms with van der Waals surface area (Å²) in [7, 11) is 1.59. The molecule has 3 aromatic rings. The number of hydrogen-bond acceptors (Lipinski definition) is 8. The van der Waals surface area contributed by atoms with Crippen molar-refractivity contribution >= 4 is 58.4 Å². The van der Waals surface area contributed by atoms with Gasteiger partial charge in [0, 0.05) is 80.0 Å². The quantitative estimate of drug-likeness (QED) is 0.287. The third-order valence-electron chi connectivity index (χ3n) is 9.73. The molecule has 10 nitrogen and oxygen atoms in total. The number of anilines is 1. The Hall–Kier alpha value is -3.96. The van der Waals surface area contributed by atoms with Crippen LogP contribution in [-0.4, -0.2) is 103 Å². The lowest BCUT2D eigenvalue weighted by Gasteiger charge is -2.46. The number of piperazine rings is 1. The molecule has 0 unspecified atom stereocenters. The number of rotatable bonds is 9. The standard InChI is InChI=1S/C36H37Cl2N5O5/c1-47-32-18-28-31(39-20-23-5-4-10-43(23)36(28)46)19-33(32)48-25-16-24(17-25)42-13-11-41(12-14-42)21-34(44)40-30-9-8-22(37)15-27(30)35(45)26-6-2-3-7-29(26)38/h2-3,6-9,15,18-20,23-25H,4-5,10-14,16-17,21H2,1H3,(H,40,44)/t23-,24?,25?/m0/s1. The molecule has 0 spiro atoms. The molecule has 1 atom stereocenters. The van der Waals surface area contributed by atoms with E-state index in [1.807, 2.05) is 17.2 Å². The highest BCUT2D eigenvalue weighted by Crippen LogP contribution is 2.41. The van der Waals surface area contributed by atoms with E-state index in [4.69, 9.17) is 32.7 Å². The van der Waals surface area contributed by atoms with Crippen LogP contribution in [0.4, 0.5) is 11.4 Å². The number of carbonyl (C=O) groups is 3. The zero-order valence-corrected chi connectivity index (χ0v) is 28.2. The zero-order valence-electron chi connectivity index (χ0n) is 26.7. The zero-order chi connectivity index (χ0) is 33.4. The lowest BCUT2D eigenvalue weighted by molar-refractivity contribution is -0.118. The number of nitrogens with one attached hydrogen (secondary N) is 1. The van der Waals surface area contributed by atoms with E-state index in [-0.39, 0.29) is 36.3 Å². The number of amides is 2. The van der Waals surface area contributed by atoms with Gasteiger partial charge in [0.1, 0.15) is 6.10 Å². The Kier molecular flexibility index (Phi) is 9.42. The highest BCUT2D eigenvalue weighted by molar-refractivity contribution is 6.36. The van der Waals surface area contributed by atoms with Crippen molar-refractivity contribution in [1.82, 2.24) is 14.7 Å². The van der Waals surface area contributed by atoms with Crippen molar-refractivity contribution in [3.05, 3.63) is 81.3 Å². The van der Waals surface area contributed by atoms with E-state index in [2.05, 4.69) is 20.1 Å². The second kappa shape index (κ2) is 13.9. The summed E-state index contributed by atoms with van der Waals surface area (Å²) >= 11 is 12.5. The number of ether oxygens (including phenoxy) is 2. The molecular weight excluding hydrogens is 653 g/mol. The van der Waals surface area contributed by atoms with Gasteiger partial charge in [0.25, 0.3) is 5.91 Å². The van der Waals surface area contributed by atoms with E-state index < -0.39 is 0 Å². The molecule has 1 aliphatic carbocycles. The van der Waals surface area contributed by atoms with Crippen LogP contribution in [0, 0.1) is 0 Å². The molecule has 3 fully saturated rings. The van der Waals surface area contributed by atoms with Gasteiger partial charge in [-0.05, 0) is 49.2 Å². The molecule has 1 saturated carbocycles. The summed E-state index contributed by atoms with van der Waals surface area (Å²) in [6, 6.07) is 15.7. The molecule has 0 aromatic heterocycles. The molecular formula is C36H37Cl2N5O5. The van der Waals surface area contributed by atoms with Gasteiger partial charge in [0.05, 0.1) is 41.7 Å². The number of fused-ring (bicyclic) bond motifs is 2. The minimum atomic E-state index is -0.306. The van der Waals surface area contributed by atoms with Crippen molar-refractivity contribution in [3.63, 3.8) is 0 Å². The predicted octanol–water partition coefficient (Wildman–Crippen LogP) is 5.72. The minimum absolute atomic E-state index is 0.00608. The van der Waals surface area contributed by atoms with Crippen molar-refractivity contribution in [2.45, 2.75) is 43.9 Å². The molecule has 250 valence electrons. The monoisotopic (exact) mass is 689 g/mol. The summed E-state index contributed by atoms with van der Waals surface area (Å²) in [5.74, 6) is 0.647. The molecule has 0 bridgehead atoms. The predicted molar refractivity (Wildman–Crippen MR) is 186 cm³/mol. The first-order chi connectivity index (χ1) is 23.3. The Morgan fingerprint density at radius 1 is 0.958 bits per heavy atom. The van der Waals surface area contributed by atoms with Crippen LogP contribution in [0.25, 0.3) is 0 Å². The van der Waals surface area contributed by atoms with E-state index in [0.717, 1.165) is 58.4 Å². The minimum Gasteiger partial charge on any atom is -0.493 e. The molecule has 3 heterocycles. The number of hydrogen-bond donors (Lipinski definition) is 1. The summed E-state index contributed by atoms with van der Waals surface area (Å²) in [5.41, 5.74) is 2.22. The molecule has 3 aliphatic heterocycles. The summed E-state index contributed by atoms with van der Waals surface area (Å²) < 4.78 is 12.0. The van der Waals surface area contributed by atoms with Gasteiger partial charge < -0.3 is 19.7 Å². The van der Waals surface area contributed by atoms with Gasteiger partial charge in [0.2, 0.25) is 5.91 Å². The lowest BCUT2D eigenvalue weighted by Crippen LogP contribution is -2.56. The van der Waals surface area contributed by atoms with E-state index in [1.54, 1.807) is 55.6 Å². The average molecular weight is 691 g/mol. The first-order valence-corrected chi connectivity index (χ1v) is 17.1. The summed E-state index contributed by atoms with van der Waals surface area (Å²) in [5, 5.41) is 3.64. The van der Waals surface area contributed by atoms with Crippen molar-refractivity contribution in [3.8, 4) is 11.5 Å². The lowest BCUT2D eigenvalue weighted by atomic mass is 9.87. The largest absolute Gasteiger partial charge is 0.493 e. The summed E-state index contributed by atoms with van der Waals surface area (Å²) in [4.78, 5) is 50.6. The van der Waals surface area contributed by atoms with Gasteiger partial charge >= 0.3 is 0 Å². The highest BCUT2D eigenvalue weighted by atomic mass is 35.5. The second-order valence-corrected chi connectivity index (χ2v) is 13.6. The van der Waals surface area contributed by atoms with Gasteiger partial charge in [-0.15, -0.1) is 0 Å². The number of nitrogens with zero attached hydrogens (tertiary/aromatic N) is 4. The SMILES string of the molecule is COc1cc2c(cc1OC1CC(N3CCN(CC(=O)Nc4ccc(Cl)cc4C(=O)c4ccccc4Cl)CC3)C1)N=C[C@@H]1CCCN1C2=O. The molecule has 3 aromatic carbocycles. The van der Waals surface area contributed by atoms with E-state index in [9.17, 15) is 14.4 Å². The fourth-order valence-electron chi connectivity index (χ4n) is 6.99. The fraction of sp³-hybridized carbons (Fsp3) is 0.389. The number of halogens is 2. The topological polar surface area (TPSA) is 104 Å². The third-order valence-corrected chi connectivity index (χ3v) is 10.3. The molecule has 2 saturated heterocycles. The fourth-order valence-corrected chi connectivity index (χ4v) is 7.39. The van der Waals surface area contributed by atoms with Crippen LogP contribution in [0.15, 0.2) is 59.6 Å². The molecule has 0 radical (unpaired) electrons. The third kappa shape index (κ3) is 6.67. The van der Waals surface area contributed by atoms with Crippen molar-refractivity contribution < 1.29 is 23.9 Å².